The molecule has 36 heavy (non-hydrogen) atoms. The van der Waals surface area contributed by atoms with E-state index in [1.54, 1.807) is 13.8 Å². The predicted octanol–water partition coefficient (Wildman–Crippen LogP) is 4.73. The van der Waals surface area contributed by atoms with E-state index >= 15 is 0 Å². The van der Waals surface area contributed by atoms with Crippen molar-refractivity contribution < 1.29 is 54.3 Å². The largest absolute Gasteiger partial charge is 0.465 e. The van der Waals surface area contributed by atoms with E-state index in [4.69, 9.17) is 14.6 Å². The molecule has 8 nitrogen and oxygen atoms in total. The molecular formula is C23H42F4O8S. The van der Waals surface area contributed by atoms with Crippen molar-refractivity contribution >= 4 is 22.1 Å². The zero-order chi connectivity index (χ0) is 26.3. The second-order valence-corrected chi connectivity index (χ2v) is 10.5. The van der Waals surface area contributed by atoms with Crippen LogP contribution in [0.15, 0.2) is 0 Å². The number of hydrogen-bond acceptors (Lipinski definition) is 8. The maximum absolute atomic E-state index is 13.2. The van der Waals surface area contributed by atoms with Crippen molar-refractivity contribution in [2.75, 3.05) is 32.7 Å². The van der Waals surface area contributed by atoms with Gasteiger partial charge >= 0.3 is 11.9 Å². The Morgan fingerprint density at radius 3 is 1.39 bits per heavy atom. The number of alkyl halides is 4. The molecule has 0 spiro atoms. The Balaban J connectivity index is 0. The fourth-order valence-corrected chi connectivity index (χ4v) is 4.25. The minimum absolute atomic E-state index is 0. The van der Waals surface area contributed by atoms with E-state index in [-0.39, 0.29) is 66.6 Å². The minimum Gasteiger partial charge on any atom is -0.465 e. The fraction of sp³-hybridized carbons (Fsp3) is 0.913. The summed E-state index contributed by atoms with van der Waals surface area (Å²) >= 11 is 0. The lowest BCUT2D eigenvalue weighted by Gasteiger charge is -2.37. The summed E-state index contributed by atoms with van der Waals surface area (Å²) in [5.74, 6) is -6.75. The van der Waals surface area contributed by atoms with Gasteiger partial charge in [-0.25, -0.2) is 17.6 Å². The van der Waals surface area contributed by atoms with Gasteiger partial charge in [-0.1, -0.05) is 14.9 Å². The number of aliphatic hydroxyl groups excluding tert-OH is 1. The highest BCUT2D eigenvalue weighted by Crippen LogP contribution is 2.45. The first kappa shape index (κ1) is 36.7. The Morgan fingerprint density at radius 2 is 1.08 bits per heavy atom. The van der Waals surface area contributed by atoms with Gasteiger partial charge in [-0.05, 0) is 39.5 Å². The number of esters is 2. The summed E-state index contributed by atoms with van der Waals surface area (Å²) in [6.07, 6.45) is -1.10. The van der Waals surface area contributed by atoms with Gasteiger partial charge in [0.2, 0.25) is 11.8 Å². The average molecular weight is 555 g/mol. The molecule has 0 aromatic rings. The Kier molecular flexibility index (Phi) is 14.7. The van der Waals surface area contributed by atoms with Crippen molar-refractivity contribution in [1.82, 2.24) is 0 Å². The summed E-state index contributed by atoms with van der Waals surface area (Å²) in [5, 5.41) is 9.16. The summed E-state index contributed by atoms with van der Waals surface area (Å²) in [7, 11) is -3.73. The van der Waals surface area contributed by atoms with Gasteiger partial charge in [0.1, 0.15) is 0 Å². The Hall–Kier alpha value is -1.47. The SMILES string of the molecule is C.C.CCOC(=O)C1(CO)CCC(F)(F)CC1.CCOC(=O)C1(COS(C)(=O)=O)CCC(F)(F)CC1. The van der Waals surface area contributed by atoms with E-state index in [2.05, 4.69) is 4.18 Å². The van der Waals surface area contributed by atoms with Crippen LogP contribution in [0.5, 0.6) is 0 Å². The highest BCUT2D eigenvalue weighted by atomic mass is 32.2. The second kappa shape index (κ2) is 14.5. The molecule has 0 heterocycles. The minimum atomic E-state index is -3.73. The molecule has 1 N–H and O–H groups in total. The summed E-state index contributed by atoms with van der Waals surface area (Å²) in [4.78, 5) is 23.4. The highest BCUT2D eigenvalue weighted by molar-refractivity contribution is 7.85. The zero-order valence-electron chi connectivity index (χ0n) is 19.7. The molecule has 2 fully saturated rings. The quantitative estimate of drug-likeness (QED) is 0.260. The van der Waals surface area contributed by atoms with Gasteiger partial charge in [0.05, 0.1) is 43.5 Å². The van der Waals surface area contributed by atoms with Gasteiger partial charge in [0.25, 0.3) is 10.1 Å². The van der Waals surface area contributed by atoms with Crippen LogP contribution in [0.4, 0.5) is 17.6 Å². The van der Waals surface area contributed by atoms with Crippen molar-refractivity contribution in [3.8, 4) is 0 Å². The van der Waals surface area contributed by atoms with Crippen LogP contribution in [0.1, 0.15) is 80.1 Å². The molecule has 0 saturated heterocycles. The van der Waals surface area contributed by atoms with Crippen molar-refractivity contribution in [2.24, 2.45) is 10.8 Å². The van der Waals surface area contributed by atoms with Crippen LogP contribution in [-0.2, 0) is 33.4 Å². The molecule has 2 aliphatic carbocycles. The van der Waals surface area contributed by atoms with Crippen LogP contribution >= 0.6 is 0 Å². The normalized spacial score (nSPS) is 21.3. The lowest BCUT2D eigenvalue weighted by molar-refractivity contribution is -0.167. The maximum Gasteiger partial charge on any atom is 0.314 e. The molecule has 0 aliphatic heterocycles. The molecule has 0 radical (unpaired) electrons. The van der Waals surface area contributed by atoms with Crippen LogP contribution in [0.2, 0.25) is 0 Å². The number of carbonyl (C=O) groups is 2. The third-order valence-electron chi connectivity index (χ3n) is 6.15. The first-order chi connectivity index (χ1) is 15.6. The molecule has 0 aromatic heterocycles. The zero-order valence-corrected chi connectivity index (χ0v) is 20.5. The highest BCUT2D eigenvalue weighted by Gasteiger charge is 2.50. The molecule has 13 heteroatoms. The number of aliphatic hydroxyl groups is 1. The van der Waals surface area contributed by atoms with Crippen LogP contribution in [0.25, 0.3) is 0 Å². The number of rotatable bonds is 8. The number of hydrogen-bond donors (Lipinski definition) is 1. The lowest BCUT2D eigenvalue weighted by atomic mass is 9.73. The predicted molar refractivity (Wildman–Crippen MR) is 126 cm³/mol. The molecule has 0 bridgehead atoms. The van der Waals surface area contributed by atoms with E-state index in [0.29, 0.717) is 0 Å². The van der Waals surface area contributed by atoms with Crippen molar-refractivity contribution in [3.05, 3.63) is 0 Å². The maximum atomic E-state index is 13.2. The van der Waals surface area contributed by atoms with Gasteiger partial charge in [-0.2, -0.15) is 8.42 Å². The number of halogens is 4. The summed E-state index contributed by atoms with van der Waals surface area (Å²) in [6.45, 7) is 2.70. The van der Waals surface area contributed by atoms with Gasteiger partial charge in [-0.3, -0.25) is 13.8 Å². The topological polar surface area (TPSA) is 116 Å². The molecule has 216 valence electrons. The second-order valence-electron chi connectivity index (χ2n) is 8.84. The monoisotopic (exact) mass is 554 g/mol. The Morgan fingerprint density at radius 1 is 0.750 bits per heavy atom. The smallest absolute Gasteiger partial charge is 0.314 e. The van der Waals surface area contributed by atoms with Crippen molar-refractivity contribution in [2.45, 2.75) is 91.9 Å². The van der Waals surface area contributed by atoms with Crippen LogP contribution in [0, 0.1) is 10.8 Å². The van der Waals surface area contributed by atoms with Gasteiger partial charge in [0, 0.05) is 25.7 Å². The third kappa shape index (κ3) is 10.9. The molecule has 2 aliphatic rings. The molecular weight excluding hydrogens is 512 g/mol. The average Bonchev–Trinajstić information content (AvgIpc) is 2.74. The van der Waals surface area contributed by atoms with E-state index in [0.717, 1.165) is 6.26 Å². The molecule has 0 unspecified atom stereocenters. The van der Waals surface area contributed by atoms with E-state index < -0.39 is 70.8 Å². The van der Waals surface area contributed by atoms with E-state index in [9.17, 15) is 35.6 Å². The number of ether oxygens (including phenoxy) is 2. The van der Waals surface area contributed by atoms with Gasteiger partial charge < -0.3 is 14.6 Å². The molecule has 2 saturated carbocycles. The van der Waals surface area contributed by atoms with Crippen molar-refractivity contribution in [3.63, 3.8) is 0 Å². The molecule has 0 atom stereocenters. The Labute approximate surface area is 212 Å². The molecule has 2 rings (SSSR count). The lowest BCUT2D eigenvalue weighted by Crippen LogP contribution is -2.44. The van der Waals surface area contributed by atoms with Crippen LogP contribution in [-0.4, -0.2) is 70.0 Å². The Bertz CT molecular complexity index is 782. The first-order valence-electron chi connectivity index (χ1n) is 11.1. The standard InChI is InChI=1S/C11H18F2O5S.C10H16F2O3.2CH4/c1-3-17-9(14)10(8-18-19(2,15)16)4-6-11(12,13)7-5-10;1-2-15-8(14)9(7-13)3-5-10(11,12)6-4-9;;/h3-8H2,1-2H3;13H,2-7H2,1H3;2*1H4. The van der Waals surface area contributed by atoms with Gasteiger partial charge in [0.15, 0.2) is 0 Å². The van der Waals surface area contributed by atoms with Crippen LogP contribution < -0.4 is 0 Å². The fourth-order valence-electron chi connectivity index (χ4n) is 3.81. The van der Waals surface area contributed by atoms with Gasteiger partial charge in [-0.15, -0.1) is 0 Å². The van der Waals surface area contributed by atoms with E-state index in [1.807, 2.05) is 0 Å². The summed E-state index contributed by atoms with van der Waals surface area (Å²) in [6, 6.07) is 0. The van der Waals surface area contributed by atoms with Crippen molar-refractivity contribution in [1.29, 1.82) is 0 Å². The molecule has 0 aromatic carbocycles. The third-order valence-corrected chi connectivity index (χ3v) is 6.69. The van der Waals surface area contributed by atoms with Crippen LogP contribution in [0.3, 0.4) is 0 Å². The summed E-state index contributed by atoms with van der Waals surface area (Å²) < 4.78 is 88.4. The number of carbonyl (C=O) groups excluding carboxylic acids is 2. The molecule has 0 amide bonds. The summed E-state index contributed by atoms with van der Waals surface area (Å²) in [5.41, 5.74) is -2.39. The first-order valence-corrected chi connectivity index (χ1v) is 12.9. The van der Waals surface area contributed by atoms with E-state index in [1.165, 1.54) is 0 Å².